The number of hydrogen-bond donors (Lipinski definition) is 2. The van der Waals surface area contributed by atoms with Crippen molar-refractivity contribution in [3.8, 4) is 11.5 Å². The second kappa shape index (κ2) is 5.39. The summed E-state index contributed by atoms with van der Waals surface area (Å²) in [6.45, 7) is 1.84. The van der Waals surface area contributed by atoms with Gasteiger partial charge in [0.2, 0.25) is 0 Å². The molecule has 0 fully saturated rings. The van der Waals surface area contributed by atoms with Gasteiger partial charge in [-0.15, -0.1) is 0 Å². The predicted molar refractivity (Wildman–Crippen MR) is 71.6 cm³/mol. The molecule has 0 radical (unpaired) electrons. The Bertz CT molecular complexity index is 611. The quantitative estimate of drug-likeness (QED) is 0.886. The number of anilines is 1. The van der Waals surface area contributed by atoms with Crippen LogP contribution in [0.15, 0.2) is 36.7 Å². The number of nitrogens with zero attached hydrogens (tertiary/aromatic N) is 1. The van der Waals surface area contributed by atoms with Gasteiger partial charge in [-0.05, 0) is 30.7 Å². The van der Waals surface area contributed by atoms with Gasteiger partial charge in [0.05, 0.1) is 12.7 Å². The molecule has 1 heterocycles. The number of hydrogen-bond acceptors (Lipinski definition) is 4. The lowest BCUT2D eigenvalue weighted by Crippen LogP contribution is -2.13. The molecule has 0 aliphatic rings. The van der Waals surface area contributed by atoms with Crippen LogP contribution in [0.2, 0.25) is 0 Å². The largest absolute Gasteiger partial charge is 0.504 e. The molecule has 2 N–H and O–H groups in total. The van der Waals surface area contributed by atoms with Crippen LogP contribution in [-0.2, 0) is 0 Å². The van der Waals surface area contributed by atoms with Gasteiger partial charge in [-0.3, -0.25) is 9.78 Å². The number of pyridine rings is 1. The zero-order valence-corrected chi connectivity index (χ0v) is 10.7. The fraction of sp³-hybridized carbons (Fsp3) is 0.143. The van der Waals surface area contributed by atoms with Crippen LogP contribution in [0.4, 0.5) is 5.69 Å². The van der Waals surface area contributed by atoms with Crippen LogP contribution in [0.5, 0.6) is 11.5 Å². The molecule has 1 aromatic heterocycles. The molecule has 1 amide bonds. The maximum atomic E-state index is 12.1. The van der Waals surface area contributed by atoms with E-state index < -0.39 is 5.91 Å². The average Bonchev–Trinajstić information content (AvgIpc) is 2.41. The lowest BCUT2D eigenvalue weighted by Gasteiger charge is -2.10. The Labute approximate surface area is 110 Å². The van der Waals surface area contributed by atoms with Crippen LogP contribution in [0.25, 0.3) is 0 Å². The minimum Gasteiger partial charge on any atom is -0.504 e. The number of amides is 1. The van der Waals surface area contributed by atoms with E-state index in [0.717, 1.165) is 5.56 Å². The fourth-order valence-corrected chi connectivity index (χ4v) is 1.67. The number of phenolic OH excluding ortho intramolecular Hbond substituents is 1. The lowest BCUT2D eigenvalue weighted by atomic mass is 10.1. The van der Waals surface area contributed by atoms with Gasteiger partial charge in [0.25, 0.3) is 5.91 Å². The second-order valence-corrected chi connectivity index (χ2v) is 4.00. The molecule has 5 nitrogen and oxygen atoms in total. The molecule has 5 heteroatoms. The highest BCUT2D eigenvalue weighted by Gasteiger charge is 2.15. The van der Waals surface area contributed by atoms with E-state index >= 15 is 0 Å². The molecule has 0 saturated heterocycles. The van der Waals surface area contributed by atoms with Crippen molar-refractivity contribution >= 4 is 11.6 Å². The normalized spacial score (nSPS) is 10.0. The van der Waals surface area contributed by atoms with Crippen molar-refractivity contribution in [1.29, 1.82) is 0 Å². The number of phenols is 1. The van der Waals surface area contributed by atoms with E-state index in [1.165, 1.54) is 13.2 Å². The summed E-state index contributed by atoms with van der Waals surface area (Å²) in [6.07, 6.45) is 3.25. The molecule has 0 aliphatic heterocycles. The number of aromatic nitrogens is 1. The van der Waals surface area contributed by atoms with Crippen molar-refractivity contribution in [2.24, 2.45) is 0 Å². The number of para-hydroxylation sites is 1. The summed E-state index contributed by atoms with van der Waals surface area (Å²) in [7, 11) is 1.43. The van der Waals surface area contributed by atoms with Gasteiger partial charge in [-0.1, -0.05) is 6.07 Å². The van der Waals surface area contributed by atoms with Gasteiger partial charge in [0, 0.05) is 18.1 Å². The van der Waals surface area contributed by atoms with E-state index in [-0.39, 0.29) is 17.1 Å². The van der Waals surface area contributed by atoms with Gasteiger partial charge >= 0.3 is 0 Å². The Hall–Kier alpha value is -2.56. The van der Waals surface area contributed by atoms with E-state index in [2.05, 4.69) is 10.3 Å². The summed E-state index contributed by atoms with van der Waals surface area (Å²) in [5.74, 6) is -0.306. The molecule has 0 spiro atoms. The topological polar surface area (TPSA) is 71.5 Å². The number of nitrogens with one attached hydrogen (secondary N) is 1. The van der Waals surface area contributed by atoms with E-state index in [9.17, 15) is 9.90 Å². The second-order valence-electron chi connectivity index (χ2n) is 4.00. The van der Waals surface area contributed by atoms with Crippen LogP contribution < -0.4 is 10.1 Å². The molecule has 0 saturated carbocycles. The summed E-state index contributed by atoms with van der Waals surface area (Å²) in [4.78, 5) is 16.1. The third-order valence-corrected chi connectivity index (χ3v) is 2.73. The Morgan fingerprint density at radius 3 is 2.84 bits per heavy atom. The molecule has 0 bridgehead atoms. The molecule has 19 heavy (non-hydrogen) atoms. The Morgan fingerprint density at radius 2 is 2.16 bits per heavy atom. The van der Waals surface area contributed by atoms with Gasteiger partial charge in [0.1, 0.15) is 0 Å². The monoisotopic (exact) mass is 258 g/mol. The molecule has 98 valence electrons. The van der Waals surface area contributed by atoms with Gasteiger partial charge in [-0.25, -0.2) is 0 Å². The lowest BCUT2D eigenvalue weighted by molar-refractivity contribution is 0.102. The van der Waals surface area contributed by atoms with Crippen molar-refractivity contribution in [1.82, 2.24) is 4.98 Å². The zero-order chi connectivity index (χ0) is 13.8. The molecule has 0 unspecified atom stereocenters. The highest BCUT2D eigenvalue weighted by atomic mass is 16.5. The molecule has 0 aliphatic carbocycles. The first kappa shape index (κ1) is 12.9. The van der Waals surface area contributed by atoms with Crippen LogP contribution >= 0.6 is 0 Å². The third kappa shape index (κ3) is 2.65. The van der Waals surface area contributed by atoms with Gasteiger partial charge in [-0.2, -0.15) is 0 Å². The summed E-state index contributed by atoms with van der Waals surface area (Å²) >= 11 is 0. The van der Waals surface area contributed by atoms with E-state index in [1.54, 1.807) is 30.6 Å². The van der Waals surface area contributed by atoms with Crippen LogP contribution in [0.1, 0.15) is 15.9 Å². The number of ether oxygens (including phenoxy) is 1. The summed E-state index contributed by atoms with van der Waals surface area (Å²) in [5, 5.41) is 12.6. The Morgan fingerprint density at radius 1 is 1.37 bits per heavy atom. The first-order valence-electron chi connectivity index (χ1n) is 5.71. The SMILES string of the molecule is COc1cccc(C(=O)Nc2ccncc2C)c1O. The summed E-state index contributed by atoms with van der Waals surface area (Å²) in [6, 6.07) is 6.46. The standard InChI is InChI=1S/C14H14N2O3/c1-9-8-15-7-6-11(9)16-14(18)10-4-3-5-12(19-2)13(10)17/h3-8,17H,1-2H3,(H,15,16,18). The molecular formula is C14H14N2O3. The number of carbonyl (C=O) groups excluding carboxylic acids is 1. The van der Waals surface area contributed by atoms with E-state index in [0.29, 0.717) is 5.69 Å². The van der Waals surface area contributed by atoms with Crippen LogP contribution in [0.3, 0.4) is 0 Å². The maximum absolute atomic E-state index is 12.1. The van der Waals surface area contributed by atoms with Crippen molar-refractivity contribution in [2.45, 2.75) is 6.92 Å². The van der Waals surface area contributed by atoms with E-state index in [4.69, 9.17) is 4.74 Å². The first-order chi connectivity index (χ1) is 9.13. The number of aryl methyl sites for hydroxylation is 1. The van der Waals surface area contributed by atoms with Crippen molar-refractivity contribution in [3.05, 3.63) is 47.8 Å². The van der Waals surface area contributed by atoms with Crippen molar-refractivity contribution in [3.63, 3.8) is 0 Å². The number of rotatable bonds is 3. The zero-order valence-electron chi connectivity index (χ0n) is 10.7. The number of aromatic hydroxyl groups is 1. The Kier molecular flexibility index (Phi) is 3.66. The summed E-state index contributed by atoms with van der Waals surface area (Å²) < 4.78 is 4.97. The smallest absolute Gasteiger partial charge is 0.259 e. The number of carbonyl (C=O) groups is 1. The Balaban J connectivity index is 2.28. The number of benzene rings is 1. The molecule has 2 rings (SSSR count). The van der Waals surface area contributed by atoms with Crippen molar-refractivity contribution < 1.29 is 14.6 Å². The highest BCUT2D eigenvalue weighted by Crippen LogP contribution is 2.29. The van der Waals surface area contributed by atoms with Gasteiger partial charge < -0.3 is 15.2 Å². The van der Waals surface area contributed by atoms with Crippen LogP contribution in [-0.4, -0.2) is 23.1 Å². The van der Waals surface area contributed by atoms with E-state index in [1.807, 2.05) is 6.92 Å². The first-order valence-corrected chi connectivity index (χ1v) is 5.71. The molecule has 0 atom stereocenters. The minimum absolute atomic E-state index is 0.163. The predicted octanol–water partition coefficient (Wildman–Crippen LogP) is 2.36. The van der Waals surface area contributed by atoms with Crippen molar-refractivity contribution in [2.75, 3.05) is 12.4 Å². The minimum atomic E-state index is -0.397. The summed E-state index contributed by atoms with van der Waals surface area (Å²) in [5.41, 5.74) is 1.66. The maximum Gasteiger partial charge on any atom is 0.259 e. The average molecular weight is 258 g/mol. The van der Waals surface area contributed by atoms with Crippen LogP contribution in [0, 0.1) is 6.92 Å². The molecular weight excluding hydrogens is 244 g/mol. The number of methoxy groups -OCH3 is 1. The molecule has 2 aromatic rings. The molecule has 1 aromatic carbocycles. The highest BCUT2D eigenvalue weighted by molar-refractivity contribution is 6.06. The fourth-order valence-electron chi connectivity index (χ4n) is 1.67. The third-order valence-electron chi connectivity index (χ3n) is 2.73. The van der Waals surface area contributed by atoms with Gasteiger partial charge in [0.15, 0.2) is 11.5 Å².